The lowest BCUT2D eigenvalue weighted by molar-refractivity contribution is -0.124. The molecular formula is C20H19N3O3. The summed E-state index contributed by atoms with van der Waals surface area (Å²) < 4.78 is 5.37. The molecule has 0 bridgehead atoms. The molecule has 26 heavy (non-hydrogen) atoms. The van der Waals surface area contributed by atoms with Crippen LogP contribution in [0.5, 0.6) is 0 Å². The van der Waals surface area contributed by atoms with E-state index in [-0.39, 0.29) is 17.9 Å². The molecule has 0 radical (unpaired) electrons. The molecule has 1 fully saturated rings. The summed E-state index contributed by atoms with van der Waals surface area (Å²) in [6.07, 6.45) is 3.15. The molecule has 132 valence electrons. The SMILES string of the molecule is O=C(Nc1ccc(NC(=O)[C@@H]2CCCO2)cc1)c1ccc2[nH]ccc2c1. The topological polar surface area (TPSA) is 83.2 Å². The number of nitrogens with one attached hydrogen (secondary N) is 3. The monoisotopic (exact) mass is 349 g/mol. The number of benzene rings is 2. The van der Waals surface area contributed by atoms with Crippen LogP contribution in [0, 0.1) is 0 Å². The quantitative estimate of drug-likeness (QED) is 0.674. The van der Waals surface area contributed by atoms with Crippen LogP contribution in [0.15, 0.2) is 54.7 Å². The van der Waals surface area contributed by atoms with E-state index in [1.54, 1.807) is 30.3 Å². The highest BCUT2D eigenvalue weighted by Gasteiger charge is 2.23. The van der Waals surface area contributed by atoms with Gasteiger partial charge in [0, 0.05) is 40.6 Å². The predicted molar refractivity (Wildman–Crippen MR) is 100 cm³/mol. The zero-order valence-electron chi connectivity index (χ0n) is 14.1. The summed E-state index contributed by atoms with van der Waals surface area (Å²) in [6.45, 7) is 0.637. The van der Waals surface area contributed by atoms with Crippen LogP contribution in [-0.2, 0) is 9.53 Å². The average Bonchev–Trinajstić information content (AvgIpc) is 3.34. The van der Waals surface area contributed by atoms with Gasteiger partial charge in [0.05, 0.1) is 0 Å². The minimum absolute atomic E-state index is 0.126. The Morgan fingerprint density at radius 3 is 2.50 bits per heavy atom. The molecule has 3 aromatic rings. The van der Waals surface area contributed by atoms with Gasteiger partial charge in [-0.15, -0.1) is 0 Å². The first-order valence-corrected chi connectivity index (χ1v) is 8.60. The third-order valence-electron chi connectivity index (χ3n) is 4.45. The van der Waals surface area contributed by atoms with Gasteiger partial charge in [0.1, 0.15) is 6.10 Å². The molecule has 6 nitrogen and oxygen atoms in total. The summed E-state index contributed by atoms with van der Waals surface area (Å²) in [7, 11) is 0. The Bertz CT molecular complexity index is 940. The van der Waals surface area contributed by atoms with Gasteiger partial charge >= 0.3 is 0 Å². The van der Waals surface area contributed by atoms with Crippen molar-refractivity contribution in [2.45, 2.75) is 18.9 Å². The van der Waals surface area contributed by atoms with E-state index < -0.39 is 0 Å². The smallest absolute Gasteiger partial charge is 0.255 e. The van der Waals surface area contributed by atoms with Crippen molar-refractivity contribution < 1.29 is 14.3 Å². The lowest BCUT2D eigenvalue weighted by Crippen LogP contribution is -2.26. The van der Waals surface area contributed by atoms with E-state index in [2.05, 4.69) is 15.6 Å². The Balaban J connectivity index is 1.40. The molecule has 2 heterocycles. The highest BCUT2D eigenvalue weighted by atomic mass is 16.5. The number of hydrogen-bond acceptors (Lipinski definition) is 3. The van der Waals surface area contributed by atoms with Gasteiger partial charge in [-0.3, -0.25) is 9.59 Å². The molecule has 1 aliphatic heterocycles. The van der Waals surface area contributed by atoms with Crippen LogP contribution in [0.4, 0.5) is 11.4 Å². The molecule has 1 atom stereocenters. The number of H-pyrrole nitrogens is 1. The summed E-state index contributed by atoms with van der Waals surface area (Å²) in [5.74, 6) is -0.302. The van der Waals surface area contributed by atoms with Crippen molar-refractivity contribution in [1.29, 1.82) is 0 Å². The molecule has 1 aromatic heterocycles. The van der Waals surface area contributed by atoms with Gasteiger partial charge < -0.3 is 20.4 Å². The summed E-state index contributed by atoms with van der Waals surface area (Å²) >= 11 is 0. The van der Waals surface area contributed by atoms with Crippen molar-refractivity contribution in [1.82, 2.24) is 4.98 Å². The Morgan fingerprint density at radius 1 is 1.00 bits per heavy atom. The molecule has 0 saturated carbocycles. The average molecular weight is 349 g/mol. The Hall–Kier alpha value is -3.12. The molecular weight excluding hydrogens is 330 g/mol. The lowest BCUT2D eigenvalue weighted by Gasteiger charge is -2.11. The third-order valence-corrected chi connectivity index (χ3v) is 4.45. The number of aromatic amines is 1. The van der Waals surface area contributed by atoms with Crippen LogP contribution in [0.25, 0.3) is 10.9 Å². The molecule has 1 aliphatic rings. The largest absolute Gasteiger partial charge is 0.368 e. The number of carbonyl (C=O) groups is 2. The second kappa shape index (κ2) is 7.01. The minimum atomic E-state index is -0.363. The van der Waals surface area contributed by atoms with Crippen LogP contribution in [0.1, 0.15) is 23.2 Å². The summed E-state index contributed by atoms with van der Waals surface area (Å²) in [5, 5.41) is 6.69. The number of ether oxygens (including phenoxy) is 1. The molecule has 2 amide bonds. The maximum Gasteiger partial charge on any atom is 0.255 e. The van der Waals surface area contributed by atoms with E-state index in [1.165, 1.54) is 0 Å². The van der Waals surface area contributed by atoms with Gasteiger partial charge in [0.25, 0.3) is 11.8 Å². The van der Waals surface area contributed by atoms with Crippen molar-refractivity contribution in [2.75, 3.05) is 17.2 Å². The zero-order valence-corrected chi connectivity index (χ0v) is 14.1. The maximum atomic E-state index is 12.4. The summed E-state index contributed by atoms with van der Waals surface area (Å²) in [5.41, 5.74) is 2.93. The van der Waals surface area contributed by atoms with E-state index in [9.17, 15) is 9.59 Å². The first-order valence-electron chi connectivity index (χ1n) is 8.60. The van der Waals surface area contributed by atoms with Gasteiger partial charge in [0.2, 0.25) is 0 Å². The van der Waals surface area contributed by atoms with Crippen molar-refractivity contribution in [3.63, 3.8) is 0 Å². The van der Waals surface area contributed by atoms with Crippen molar-refractivity contribution >= 4 is 34.1 Å². The highest BCUT2D eigenvalue weighted by Crippen LogP contribution is 2.19. The maximum absolute atomic E-state index is 12.4. The standard InChI is InChI=1S/C20H19N3O3/c24-19(14-3-8-17-13(12-14)9-10-21-17)22-15-4-6-16(7-5-15)23-20(25)18-2-1-11-26-18/h3-10,12,18,21H,1-2,11H2,(H,22,24)(H,23,25)/t18-/m0/s1. The van der Waals surface area contributed by atoms with Gasteiger partial charge in [-0.2, -0.15) is 0 Å². The van der Waals surface area contributed by atoms with Crippen LogP contribution in [0.2, 0.25) is 0 Å². The predicted octanol–water partition coefficient (Wildman–Crippen LogP) is 3.54. The van der Waals surface area contributed by atoms with E-state index in [4.69, 9.17) is 4.74 Å². The number of aromatic nitrogens is 1. The molecule has 1 saturated heterocycles. The lowest BCUT2D eigenvalue weighted by atomic mass is 10.1. The molecule has 3 N–H and O–H groups in total. The van der Waals surface area contributed by atoms with Crippen molar-refractivity contribution in [2.24, 2.45) is 0 Å². The third kappa shape index (κ3) is 3.45. The fraction of sp³-hybridized carbons (Fsp3) is 0.200. The number of hydrogen-bond donors (Lipinski definition) is 3. The fourth-order valence-electron chi connectivity index (χ4n) is 3.04. The summed E-state index contributed by atoms with van der Waals surface area (Å²) in [4.78, 5) is 27.5. The number of fused-ring (bicyclic) bond motifs is 1. The number of carbonyl (C=O) groups excluding carboxylic acids is 2. The second-order valence-electron chi connectivity index (χ2n) is 6.30. The van der Waals surface area contributed by atoms with E-state index in [1.807, 2.05) is 24.4 Å². The van der Waals surface area contributed by atoms with Crippen LogP contribution < -0.4 is 10.6 Å². The highest BCUT2D eigenvalue weighted by molar-refractivity contribution is 6.06. The molecule has 4 rings (SSSR count). The van der Waals surface area contributed by atoms with Crippen LogP contribution >= 0.6 is 0 Å². The van der Waals surface area contributed by atoms with E-state index in [0.29, 0.717) is 23.5 Å². The zero-order chi connectivity index (χ0) is 17.9. The van der Waals surface area contributed by atoms with Crippen LogP contribution in [-0.4, -0.2) is 29.5 Å². The van der Waals surface area contributed by atoms with E-state index in [0.717, 1.165) is 23.7 Å². The van der Waals surface area contributed by atoms with Gasteiger partial charge in [-0.1, -0.05) is 0 Å². The fourth-order valence-corrected chi connectivity index (χ4v) is 3.04. The summed E-state index contributed by atoms with van der Waals surface area (Å²) in [6, 6.07) is 14.5. The molecule has 0 spiro atoms. The minimum Gasteiger partial charge on any atom is -0.368 e. The number of rotatable bonds is 4. The van der Waals surface area contributed by atoms with Gasteiger partial charge in [-0.25, -0.2) is 0 Å². The number of amides is 2. The second-order valence-corrected chi connectivity index (χ2v) is 6.30. The van der Waals surface area contributed by atoms with Crippen molar-refractivity contribution in [3.8, 4) is 0 Å². The molecule has 2 aromatic carbocycles. The Labute approximate surface area is 150 Å². The first kappa shape index (κ1) is 16.4. The van der Waals surface area contributed by atoms with Crippen molar-refractivity contribution in [3.05, 3.63) is 60.3 Å². The molecule has 0 aliphatic carbocycles. The first-order chi connectivity index (χ1) is 12.7. The Kier molecular flexibility index (Phi) is 4.41. The number of anilines is 2. The van der Waals surface area contributed by atoms with Gasteiger partial charge in [0.15, 0.2) is 0 Å². The van der Waals surface area contributed by atoms with Gasteiger partial charge in [-0.05, 0) is 61.4 Å². The normalized spacial score (nSPS) is 16.5. The Morgan fingerprint density at radius 2 is 1.77 bits per heavy atom. The van der Waals surface area contributed by atoms with E-state index >= 15 is 0 Å². The van der Waals surface area contributed by atoms with Crippen LogP contribution in [0.3, 0.4) is 0 Å². The molecule has 6 heteroatoms. The molecule has 0 unspecified atom stereocenters.